The highest BCUT2D eigenvalue weighted by Crippen LogP contribution is 2.14. The summed E-state index contributed by atoms with van der Waals surface area (Å²) in [5, 5.41) is 6.38. The van der Waals surface area contributed by atoms with Gasteiger partial charge in [0.05, 0.1) is 17.3 Å². The van der Waals surface area contributed by atoms with Gasteiger partial charge in [0.15, 0.2) is 0 Å². The van der Waals surface area contributed by atoms with Gasteiger partial charge in [0, 0.05) is 44.6 Å². The lowest BCUT2D eigenvalue weighted by atomic mass is 10.2. The number of carbonyl (C=O) groups excluding carboxylic acids is 1. The fourth-order valence-corrected chi connectivity index (χ4v) is 3.67. The second kappa shape index (κ2) is 6.78. The largest absolute Gasteiger partial charge is 0.332 e. The van der Waals surface area contributed by atoms with Crippen molar-refractivity contribution in [2.24, 2.45) is 14.1 Å². The first kappa shape index (κ1) is 16.7. The molecule has 0 spiro atoms. The Hall–Kier alpha value is -2.13. The Bertz CT molecular complexity index is 898. The number of carbonyl (C=O) groups is 1. The summed E-state index contributed by atoms with van der Waals surface area (Å²) in [4.78, 5) is 40.5. The molecule has 0 saturated carbocycles. The molecule has 9 heteroatoms. The summed E-state index contributed by atoms with van der Waals surface area (Å²) in [6.07, 6.45) is 1.83. The standard InChI is InChI=1S/C15H19N5O3S/c1-19-13-11(14(22)20(2)15(19)23)5-9(7-17-13)18-12(21)6-10-8-24-4-3-16-10/h5,7,10,16H,3-4,6,8H2,1-2H3,(H,18,21). The Morgan fingerprint density at radius 1 is 1.42 bits per heavy atom. The highest BCUT2D eigenvalue weighted by Gasteiger charge is 2.17. The van der Waals surface area contributed by atoms with Crippen molar-refractivity contribution < 1.29 is 4.79 Å². The van der Waals surface area contributed by atoms with E-state index in [1.54, 1.807) is 13.1 Å². The molecular formula is C15H19N5O3S. The van der Waals surface area contributed by atoms with Crippen molar-refractivity contribution in [3.05, 3.63) is 33.1 Å². The van der Waals surface area contributed by atoms with E-state index < -0.39 is 11.2 Å². The van der Waals surface area contributed by atoms with Gasteiger partial charge in [-0.25, -0.2) is 9.78 Å². The average Bonchev–Trinajstić information content (AvgIpc) is 2.59. The minimum Gasteiger partial charge on any atom is -0.325 e. The SMILES string of the molecule is Cn1c(=O)c2cc(NC(=O)CC3CSCCN3)cnc2n(C)c1=O. The molecule has 3 rings (SSSR count). The lowest BCUT2D eigenvalue weighted by molar-refractivity contribution is -0.116. The second-order valence-electron chi connectivity index (χ2n) is 5.78. The molecule has 2 aromatic heterocycles. The Morgan fingerprint density at radius 3 is 2.92 bits per heavy atom. The number of nitrogens with one attached hydrogen (secondary N) is 2. The van der Waals surface area contributed by atoms with Gasteiger partial charge in [-0.1, -0.05) is 0 Å². The third-order valence-electron chi connectivity index (χ3n) is 4.01. The fraction of sp³-hybridized carbons (Fsp3) is 0.467. The highest BCUT2D eigenvalue weighted by atomic mass is 32.2. The van der Waals surface area contributed by atoms with E-state index in [-0.39, 0.29) is 11.9 Å². The van der Waals surface area contributed by atoms with Gasteiger partial charge < -0.3 is 10.6 Å². The zero-order chi connectivity index (χ0) is 17.3. The topological polar surface area (TPSA) is 98.0 Å². The molecule has 3 heterocycles. The summed E-state index contributed by atoms with van der Waals surface area (Å²) in [6.45, 7) is 0.907. The number of aryl methyl sites for hydroxylation is 1. The third kappa shape index (κ3) is 3.22. The molecule has 1 saturated heterocycles. The van der Waals surface area contributed by atoms with Gasteiger partial charge in [-0.05, 0) is 6.07 Å². The van der Waals surface area contributed by atoms with Crippen LogP contribution in [0.1, 0.15) is 6.42 Å². The van der Waals surface area contributed by atoms with Crippen LogP contribution in [-0.4, -0.2) is 44.1 Å². The van der Waals surface area contributed by atoms with Gasteiger partial charge in [0.25, 0.3) is 5.56 Å². The molecule has 0 aromatic carbocycles. The number of aromatic nitrogens is 3. The van der Waals surface area contributed by atoms with E-state index in [2.05, 4.69) is 15.6 Å². The highest BCUT2D eigenvalue weighted by molar-refractivity contribution is 7.99. The normalized spacial score (nSPS) is 17.8. The first-order valence-corrected chi connectivity index (χ1v) is 8.79. The van der Waals surface area contributed by atoms with Gasteiger partial charge in [0.1, 0.15) is 5.65 Å². The molecule has 1 aliphatic rings. The monoisotopic (exact) mass is 349 g/mol. The van der Waals surface area contributed by atoms with Crippen LogP contribution in [0.25, 0.3) is 11.0 Å². The first-order chi connectivity index (χ1) is 11.5. The summed E-state index contributed by atoms with van der Waals surface area (Å²) in [7, 11) is 2.98. The molecule has 128 valence electrons. The van der Waals surface area contributed by atoms with E-state index in [4.69, 9.17) is 0 Å². The molecule has 24 heavy (non-hydrogen) atoms. The number of thioether (sulfide) groups is 1. The van der Waals surface area contributed by atoms with Crippen LogP contribution >= 0.6 is 11.8 Å². The van der Waals surface area contributed by atoms with E-state index in [0.717, 1.165) is 22.6 Å². The van der Waals surface area contributed by atoms with E-state index >= 15 is 0 Å². The number of amides is 1. The molecule has 1 aliphatic heterocycles. The average molecular weight is 349 g/mol. The lowest BCUT2D eigenvalue weighted by Crippen LogP contribution is -2.40. The van der Waals surface area contributed by atoms with Crippen molar-refractivity contribution >= 4 is 34.4 Å². The van der Waals surface area contributed by atoms with Crippen LogP contribution in [0.2, 0.25) is 0 Å². The first-order valence-electron chi connectivity index (χ1n) is 7.64. The summed E-state index contributed by atoms with van der Waals surface area (Å²) in [5.41, 5.74) is -0.113. The van der Waals surface area contributed by atoms with Gasteiger partial charge in [-0.3, -0.25) is 18.7 Å². The molecule has 1 fully saturated rings. The number of nitrogens with zero attached hydrogens (tertiary/aromatic N) is 3. The third-order valence-corrected chi connectivity index (χ3v) is 5.14. The second-order valence-corrected chi connectivity index (χ2v) is 6.93. The maximum Gasteiger partial charge on any atom is 0.332 e. The Kier molecular flexibility index (Phi) is 4.72. The van der Waals surface area contributed by atoms with E-state index in [1.165, 1.54) is 17.8 Å². The molecule has 1 atom stereocenters. The molecule has 1 unspecified atom stereocenters. The number of hydrogen-bond acceptors (Lipinski definition) is 6. The van der Waals surface area contributed by atoms with Crippen molar-refractivity contribution in [1.29, 1.82) is 0 Å². The smallest absolute Gasteiger partial charge is 0.325 e. The van der Waals surface area contributed by atoms with Gasteiger partial charge in [-0.2, -0.15) is 11.8 Å². The van der Waals surface area contributed by atoms with Gasteiger partial charge in [-0.15, -0.1) is 0 Å². The molecule has 2 N–H and O–H groups in total. The molecule has 2 aromatic rings. The Labute approximate surface area is 142 Å². The summed E-state index contributed by atoms with van der Waals surface area (Å²) >= 11 is 1.83. The predicted molar refractivity (Wildman–Crippen MR) is 94.6 cm³/mol. The van der Waals surface area contributed by atoms with Crippen LogP contribution in [0, 0.1) is 0 Å². The van der Waals surface area contributed by atoms with Crippen molar-refractivity contribution in [3.63, 3.8) is 0 Å². The van der Waals surface area contributed by atoms with Crippen molar-refractivity contribution in [2.75, 3.05) is 23.4 Å². The number of pyridine rings is 1. The maximum absolute atomic E-state index is 12.2. The Balaban J connectivity index is 1.84. The summed E-state index contributed by atoms with van der Waals surface area (Å²) in [6, 6.07) is 1.72. The van der Waals surface area contributed by atoms with Gasteiger partial charge >= 0.3 is 5.69 Å². The summed E-state index contributed by atoms with van der Waals surface area (Å²) < 4.78 is 2.34. The molecule has 0 aliphatic carbocycles. The van der Waals surface area contributed by atoms with E-state index in [0.29, 0.717) is 23.1 Å². The molecule has 8 nitrogen and oxygen atoms in total. The number of hydrogen-bond donors (Lipinski definition) is 2. The van der Waals surface area contributed by atoms with Crippen LogP contribution in [0.5, 0.6) is 0 Å². The number of anilines is 1. The molecule has 0 bridgehead atoms. The molecule has 1 amide bonds. The number of fused-ring (bicyclic) bond motifs is 1. The fourth-order valence-electron chi connectivity index (χ4n) is 2.72. The van der Waals surface area contributed by atoms with Crippen LogP contribution in [0.3, 0.4) is 0 Å². The van der Waals surface area contributed by atoms with Gasteiger partial charge in [0.2, 0.25) is 5.91 Å². The lowest BCUT2D eigenvalue weighted by Gasteiger charge is -2.22. The predicted octanol–water partition coefficient (Wildman–Crippen LogP) is -0.334. The summed E-state index contributed by atoms with van der Waals surface area (Å²) in [5.74, 6) is 1.85. The molecule has 0 radical (unpaired) electrons. The van der Waals surface area contributed by atoms with E-state index in [1.807, 2.05) is 11.8 Å². The molecular weight excluding hydrogens is 330 g/mol. The van der Waals surface area contributed by atoms with Crippen LogP contribution < -0.4 is 21.9 Å². The zero-order valence-electron chi connectivity index (χ0n) is 13.5. The van der Waals surface area contributed by atoms with Crippen LogP contribution in [0.15, 0.2) is 21.9 Å². The minimum absolute atomic E-state index is 0.127. The quantitative estimate of drug-likeness (QED) is 0.787. The van der Waals surface area contributed by atoms with E-state index in [9.17, 15) is 14.4 Å². The van der Waals surface area contributed by atoms with Crippen molar-refractivity contribution in [1.82, 2.24) is 19.4 Å². The number of rotatable bonds is 3. The minimum atomic E-state index is -0.433. The van der Waals surface area contributed by atoms with Crippen molar-refractivity contribution in [3.8, 4) is 0 Å². The Morgan fingerprint density at radius 2 is 2.21 bits per heavy atom. The maximum atomic E-state index is 12.2. The van der Waals surface area contributed by atoms with Crippen LogP contribution in [0.4, 0.5) is 5.69 Å². The zero-order valence-corrected chi connectivity index (χ0v) is 14.4. The van der Waals surface area contributed by atoms with Crippen LogP contribution in [-0.2, 0) is 18.9 Å². The van der Waals surface area contributed by atoms with Crippen molar-refractivity contribution in [2.45, 2.75) is 12.5 Å².